The molecular weight excluding hydrogens is 1870 g/mol. The molecule has 150 heavy (non-hydrogen) atoms. The van der Waals surface area contributed by atoms with Gasteiger partial charge in [-0.15, -0.1) is 34.0 Å². The Morgan fingerprint density at radius 2 is 0.267 bits per heavy atom. The zero-order valence-electron chi connectivity index (χ0n) is 82.1. The Bertz CT molecular complexity index is 9600. The lowest BCUT2D eigenvalue weighted by molar-refractivity contribution is 1.28. The van der Waals surface area contributed by atoms with Crippen molar-refractivity contribution in [2.24, 2.45) is 0 Å². The van der Waals surface area contributed by atoms with Crippen LogP contribution in [0, 0.1) is 0 Å². The quantitative estimate of drug-likeness (QED) is 0.0799. The van der Waals surface area contributed by atoms with Crippen molar-refractivity contribution in [3.05, 3.63) is 588 Å². The molecular formula is C144H97N3S3. The molecule has 3 nitrogen and oxygen atoms in total. The van der Waals surface area contributed by atoms with E-state index in [1.807, 2.05) is 34.0 Å². The summed E-state index contributed by atoms with van der Waals surface area (Å²) < 4.78 is 7.98. The zero-order valence-corrected chi connectivity index (χ0v) is 84.5. The molecule has 0 bridgehead atoms. The highest BCUT2D eigenvalue weighted by Crippen LogP contribution is 2.52. The summed E-state index contributed by atoms with van der Waals surface area (Å²) in [6.07, 6.45) is 0. The van der Waals surface area contributed by atoms with E-state index in [1.165, 1.54) is 204 Å². The highest BCUT2D eigenvalue weighted by atomic mass is 32.1. The van der Waals surface area contributed by atoms with E-state index >= 15 is 0 Å². The van der Waals surface area contributed by atoms with E-state index in [9.17, 15) is 0 Å². The number of benzene rings is 25. The molecule has 0 aliphatic heterocycles. The third-order valence-electron chi connectivity index (χ3n) is 29.1. The minimum atomic E-state index is 1.11. The molecule has 28 aromatic rings. The molecule has 0 radical (unpaired) electrons. The first kappa shape index (κ1) is 91.3. The normalized spacial score (nSPS) is 11.3. The van der Waals surface area contributed by atoms with Crippen LogP contribution < -0.4 is 14.7 Å². The number of nitrogens with zero attached hydrogens (tertiary/aromatic N) is 3. The van der Waals surface area contributed by atoms with Gasteiger partial charge >= 0.3 is 0 Å². The fourth-order valence-corrected chi connectivity index (χ4v) is 25.9. The lowest BCUT2D eigenvalue weighted by Gasteiger charge is -2.27. The minimum absolute atomic E-state index is 1.11. The first-order chi connectivity index (χ1) is 74.4. The molecule has 0 saturated heterocycles. The molecule has 0 spiro atoms. The summed E-state index contributed by atoms with van der Waals surface area (Å²) in [5.41, 5.74) is 34.9. The molecule has 0 fully saturated rings. The average molecular weight is 1970 g/mol. The van der Waals surface area contributed by atoms with Gasteiger partial charge in [-0.3, -0.25) is 0 Å². The van der Waals surface area contributed by atoms with Crippen LogP contribution >= 0.6 is 34.0 Å². The number of hydrogen-bond donors (Lipinski definition) is 0. The average Bonchev–Trinajstić information content (AvgIpc) is 1.59. The van der Waals surface area contributed by atoms with Crippen LogP contribution in [0.1, 0.15) is 0 Å². The molecule has 6 heteroatoms. The monoisotopic (exact) mass is 1960 g/mol. The molecule has 28 rings (SSSR count). The number of rotatable bonds is 19. The summed E-state index contributed by atoms with van der Waals surface area (Å²) in [5, 5.41) is 15.3. The zero-order chi connectivity index (χ0) is 99.6. The van der Waals surface area contributed by atoms with Gasteiger partial charge in [0, 0.05) is 111 Å². The number of hydrogen-bond acceptors (Lipinski definition) is 6. The highest BCUT2D eigenvalue weighted by molar-refractivity contribution is 7.27. The van der Waals surface area contributed by atoms with Crippen molar-refractivity contribution in [1.82, 2.24) is 0 Å². The largest absolute Gasteiger partial charge is 0.311 e. The maximum Gasteiger partial charge on any atom is 0.0540 e. The maximum atomic E-state index is 2.38. The van der Waals surface area contributed by atoms with Gasteiger partial charge in [0.2, 0.25) is 0 Å². The Labute approximate surface area is 885 Å². The lowest BCUT2D eigenvalue weighted by atomic mass is 9.97. The molecule has 0 saturated carbocycles. The van der Waals surface area contributed by atoms with Crippen molar-refractivity contribution in [2.45, 2.75) is 0 Å². The molecule has 0 aliphatic carbocycles. The SMILES string of the molecule is c1ccc(-c2ccc(N(c3ccc(-c4cccc5c4sc4c(-c6ccccc6)cccc45)cc3)c3cccc4ccccc34)cc2)cc1.c1ccc(-c2ccc(N(c3ccccc3)c3ccc(-c4cccc5c4sc4c(-c6ccccc6)cccc45)cc3)cc2)cc1.c1ccc(-c2cccc3c2sc2c(-c4ccc(N(c5ccc(-c6cccc7ccccc67)cc5)c5ccc(-c6cccc7ccccc67)cc5)cc4)cccc23)cc1. The van der Waals surface area contributed by atoms with E-state index in [2.05, 4.69) is 603 Å². The Hall–Kier alpha value is -18.7. The highest BCUT2D eigenvalue weighted by Gasteiger charge is 2.24. The van der Waals surface area contributed by atoms with Crippen LogP contribution in [-0.4, -0.2) is 0 Å². The number of para-hydroxylation sites is 1. The van der Waals surface area contributed by atoms with Gasteiger partial charge in [0.1, 0.15) is 0 Å². The van der Waals surface area contributed by atoms with Crippen LogP contribution in [0.2, 0.25) is 0 Å². The standard InChI is InChI=1S/C56H37NS.C46H31NS.C42H29NS/c1-2-12-40(13-3-1)51-22-10-24-53-54-25-11-23-52(56(54)58-55(51)53)43-30-36-46(37-31-43)57(44-32-26-41(27-33-44)49-20-8-16-38-14-4-6-18-47(38)49)45-34-28-42(29-35-45)50-21-9-17-39-15-5-7-19-48(39)50;1-3-12-32(13-4-1)33-24-28-37(29-25-33)47(44-23-9-17-34-16-7-8-18-39(34)44)38-30-26-36(27-31-38)41-20-11-22-43-42-21-10-19-40(45(42)48-46(41)43)35-14-5-2-6-15-35;1-4-12-30(13-5-1)31-22-26-35(27-23-31)43(34-16-8-3-9-17-34)36-28-24-33(25-29-36)38-19-11-21-40-39-20-10-18-37(41(39)44-42(38)40)32-14-6-2-7-15-32/h1-37H;1-31H;1-29H. The number of fused-ring (bicyclic) bond motifs is 12. The van der Waals surface area contributed by atoms with Crippen molar-refractivity contribution >= 4 is 178 Å². The molecule has 25 aromatic carbocycles. The Balaban J connectivity index is 0.000000115. The Morgan fingerprint density at radius 1 is 0.100 bits per heavy atom. The Kier molecular flexibility index (Phi) is 24.8. The van der Waals surface area contributed by atoms with E-state index in [1.54, 1.807) is 0 Å². The maximum absolute atomic E-state index is 2.38. The van der Waals surface area contributed by atoms with Gasteiger partial charge < -0.3 is 14.7 Å². The fourth-order valence-electron chi connectivity index (χ4n) is 21.8. The van der Waals surface area contributed by atoms with Crippen molar-refractivity contribution in [1.29, 1.82) is 0 Å². The summed E-state index contributed by atoms with van der Waals surface area (Å²) in [7, 11) is 0. The predicted octanol–water partition coefficient (Wildman–Crippen LogP) is 42.7. The molecule has 706 valence electrons. The van der Waals surface area contributed by atoms with Crippen LogP contribution in [-0.2, 0) is 0 Å². The summed E-state index contributed by atoms with van der Waals surface area (Å²) in [5.74, 6) is 0. The van der Waals surface area contributed by atoms with Gasteiger partial charge in [0.05, 0.1) is 5.69 Å². The summed E-state index contributed by atoms with van der Waals surface area (Å²) in [6, 6.07) is 213. The molecule has 0 N–H and O–H groups in total. The fraction of sp³-hybridized carbons (Fsp3) is 0. The van der Waals surface area contributed by atoms with Gasteiger partial charge in [0.15, 0.2) is 0 Å². The van der Waals surface area contributed by atoms with Crippen LogP contribution in [0.5, 0.6) is 0 Å². The number of anilines is 9. The topological polar surface area (TPSA) is 9.72 Å². The summed E-state index contributed by atoms with van der Waals surface area (Å²) in [4.78, 5) is 7.08. The van der Waals surface area contributed by atoms with Gasteiger partial charge in [-0.05, 0) is 241 Å². The summed E-state index contributed by atoms with van der Waals surface area (Å²) >= 11 is 5.70. The van der Waals surface area contributed by atoms with Crippen LogP contribution in [0.4, 0.5) is 51.2 Å². The van der Waals surface area contributed by atoms with E-state index in [0.29, 0.717) is 0 Å². The van der Waals surface area contributed by atoms with Crippen molar-refractivity contribution in [3.63, 3.8) is 0 Å². The smallest absolute Gasteiger partial charge is 0.0540 e. The van der Waals surface area contributed by atoms with Crippen molar-refractivity contribution in [3.8, 4) is 111 Å². The van der Waals surface area contributed by atoms with E-state index in [0.717, 1.165) is 51.2 Å². The molecule has 3 heterocycles. The second kappa shape index (κ2) is 40.7. The van der Waals surface area contributed by atoms with E-state index in [4.69, 9.17) is 0 Å². The second-order valence-electron chi connectivity index (χ2n) is 38.0. The van der Waals surface area contributed by atoms with Crippen LogP contribution in [0.15, 0.2) is 588 Å². The second-order valence-corrected chi connectivity index (χ2v) is 41.0. The molecule has 0 amide bonds. The van der Waals surface area contributed by atoms with Crippen LogP contribution in [0.25, 0.3) is 204 Å². The van der Waals surface area contributed by atoms with Gasteiger partial charge in [-0.2, -0.15) is 0 Å². The minimum Gasteiger partial charge on any atom is -0.311 e. The Morgan fingerprint density at radius 3 is 0.547 bits per heavy atom. The first-order valence-corrected chi connectivity index (χ1v) is 53.6. The van der Waals surface area contributed by atoms with Gasteiger partial charge in [-0.1, -0.05) is 485 Å². The van der Waals surface area contributed by atoms with Crippen molar-refractivity contribution in [2.75, 3.05) is 14.7 Å². The predicted molar refractivity (Wildman–Crippen MR) is 649 cm³/mol. The lowest BCUT2D eigenvalue weighted by Crippen LogP contribution is -2.10. The van der Waals surface area contributed by atoms with Crippen LogP contribution in [0.3, 0.4) is 0 Å². The van der Waals surface area contributed by atoms with Gasteiger partial charge in [0.25, 0.3) is 0 Å². The third kappa shape index (κ3) is 17.8. The van der Waals surface area contributed by atoms with Gasteiger partial charge in [-0.25, -0.2) is 0 Å². The van der Waals surface area contributed by atoms with E-state index in [-0.39, 0.29) is 0 Å². The first-order valence-electron chi connectivity index (χ1n) is 51.1. The number of thiophene rings is 3. The van der Waals surface area contributed by atoms with Crippen molar-refractivity contribution < 1.29 is 0 Å². The molecule has 0 atom stereocenters. The molecule has 0 aliphatic rings. The summed E-state index contributed by atoms with van der Waals surface area (Å²) in [6.45, 7) is 0. The third-order valence-corrected chi connectivity index (χ3v) is 32.9. The molecule has 3 aromatic heterocycles. The van der Waals surface area contributed by atoms with E-state index < -0.39 is 0 Å². The molecule has 0 unspecified atom stereocenters.